The van der Waals surface area contributed by atoms with Crippen LogP contribution in [0.2, 0.25) is 0 Å². The van der Waals surface area contributed by atoms with Gasteiger partial charge in [0, 0.05) is 18.0 Å². The molecular weight excluding hydrogens is 434 g/mol. The van der Waals surface area contributed by atoms with Crippen molar-refractivity contribution in [2.75, 3.05) is 0 Å². The van der Waals surface area contributed by atoms with Crippen molar-refractivity contribution in [1.82, 2.24) is 4.98 Å². The molecule has 0 aliphatic heterocycles. The Morgan fingerprint density at radius 1 is 0.472 bits per heavy atom. The zero-order valence-electron chi connectivity index (χ0n) is 20.2. The highest BCUT2D eigenvalue weighted by atomic mass is 14.6. The Bertz CT molecular complexity index is 1620. The fraction of sp³-hybridized carbons (Fsp3) is 0. The highest BCUT2D eigenvalue weighted by Crippen LogP contribution is 2.45. The Kier molecular flexibility index (Phi) is 6.30. The summed E-state index contributed by atoms with van der Waals surface area (Å²) in [5, 5.41) is 2.33. The van der Waals surface area contributed by atoms with Crippen LogP contribution in [0.15, 0.2) is 118 Å². The van der Waals surface area contributed by atoms with Gasteiger partial charge in [0.05, 0.1) is 0 Å². The van der Waals surface area contributed by atoms with Gasteiger partial charge >= 0.3 is 0 Å². The summed E-state index contributed by atoms with van der Waals surface area (Å²) in [5.41, 5.74) is 10.8. The van der Waals surface area contributed by atoms with Gasteiger partial charge in [-0.05, 0) is 66.9 Å². The van der Waals surface area contributed by atoms with Crippen molar-refractivity contribution in [1.29, 1.82) is 0 Å². The summed E-state index contributed by atoms with van der Waals surface area (Å²) in [7, 11) is 0. The zero-order chi connectivity index (χ0) is 25.1. The third-order valence-corrected chi connectivity index (χ3v) is 6.70. The monoisotopic (exact) mass is 461 g/mol. The maximum atomic E-state index is 4.32. The molecule has 0 saturated carbocycles. The maximum Gasteiger partial charge on any atom is 0.0346 e. The summed E-state index contributed by atoms with van der Waals surface area (Å²) >= 11 is 0. The summed E-state index contributed by atoms with van der Waals surface area (Å²) in [6.07, 6.45) is 11.4. The number of pyridine rings is 1. The van der Waals surface area contributed by atoms with Crippen LogP contribution >= 0.6 is 0 Å². The van der Waals surface area contributed by atoms with Gasteiger partial charge in [-0.3, -0.25) is 4.98 Å². The van der Waals surface area contributed by atoms with E-state index in [1.165, 1.54) is 5.39 Å². The number of hydrogen-bond donors (Lipinski definition) is 0. The van der Waals surface area contributed by atoms with Gasteiger partial charge < -0.3 is 0 Å². The molecule has 0 N–H and O–H groups in total. The lowest BCUT2D eigenvalue weighted by Gasteiger charge is -2.22. The molecule has 0 atom stereocenters. The summed E-state index contributed by atoms with van der Waals surface area (Å²) in [4.78, 5) is 4.32. The molecular formula is C35H27N. The second kappa shape index (κ2) is 9.85. The number of fused-ring (bicyclic) bond motifs is 1. The SMILES string of the molecule is C=Cc1c(-c2cccnc2)ccc(-c2c(C=C)c(C=C)c(-c3ccccc3)c3ccccc23)c1C=C. The Hall–Kier alpha value is -4.75. The van der Waals surface area contributed by atoms with Crippen molar-refractivity contribution in [2.45, 2.75) is 0 Å². The predicted octanol–water partition coefficient (Wildman–Crippen LogP) is 9.81. The topological polar surface area (TPSA) is 12.9 Å². The van der Waals surface area contributed by atoms with Crippen LogP contribution in [-0.2, 0) is 0 Å². The third-order valence-electron chi connectivity index (χ3n) is 6.70. The maximum absolute atomic E-state index is 4.32. The van der Waals surface area contributed by atoms with Crippen molar-refractivity contribution in [3.63, 3.8) is 0 Å². The molecule has 0 saturated heterocycles. The number of aromatic nitrogens is 1. The summed E-state index contributed by atoms with van der Waals surface area (Å²) in [6.45, 7) is 16.8. The molecule has 172 valence electrons. The van der Waals surface area contributed by atoms with Gasteiger partial charge in [-0.1, -0.05) is 123 Å². The van der Waals surface area contributed by atoms with Crippen LogP contribution in [0.25, 0.3) is 68.5 Å². The van der Waals surface area contributed by atoms with Gasteiger partial charge in [0.15, 0.2) is 0 Å². The van der Waals surface area contributed by atoms with Crippen LogP contribution < -0.4 is 0 Å². The van der Waals surface area contributed by atoms with Gasteiger partial charge in [0.2, 0.25) is 0 Å². The van der Waals surface area contributed by atoms with E-state index in [1.54, 1.807) is 6.20 Å². The number of nitrogens with zero attached hydrogens (tertiary/aromatic N) is 1. The van der Waals surface area contributed by atoms with Gasteiger partial charge in [0.25, 0.3) is 0 Å². The number of rotatable bonds is 7. The van der Waals surface area contributed by atoms with Crippen LogP contribution in [0.1, 0.15) is 22.3 Å². The van der Waals surface area contributed by atoms with E-state index in [4.69, 9.17) is 0 Å². The first-order valence-corrected chi connectivity index (χ1v) is 11.9. The average Bonchev–Trinajstić information content (AvgIpc) is 2.95. The Balaban J connectivity index is 1.92. The van der Waals surface area contributed by atoms with E-state index in [1.807, 2.05) is 42.6 Å². The Morgan fingerprint density at radius 2 is 1.00 bits per heavy atom. The van der Waals surface area contributed by atoms with Crippen LogP contribution in [0.3, 0.4) is 0 Å². The van der Waals surface area contributed by atoms with E-state index in [2.05, 4.69) is 98.0 Å². The molecule has 0 radical (unpaired) electrons. The largest absolute Gasteiger partial charge is 0.264 e. The van der Waals surface area contributed by atoms with Gasteiger partial charge in [0.1, 0.15) is 0 Å². The smallest absolute Gasteiger partial charge is 0.0346 e. The molecule has 0 fully saturated rings. The van der Waals surface area contributed by atoms with E-state index in [9.17, 15) is 0 Å². The summed E-state index contributed by atoms with van der Waals surface area (Å²) < 4.78 is 0. The molecule has 1 aromatic heterocycles. The van der Waals surface area contributed by atoms with Crippen LogP contribution in [0.4, 0.5) is 0 Å². The standard InChI is InChI=1S/C35H27N/c1-5-26-27(6-2)33(21-20-30(26)25-17-14-22-36-23-25)35-29(8-4)28(7-3)34(24-15-10-9-11-16-24)31-18-12-13-19-32(31)35/h5-23H,1-4H2. The van der Waals surface area contributed by atoms with Crippen molar-refractivity contribution in [2.24, 2.45) is 0 Å². The fourth-order valence-corrected chi connectivity index (χ4v) is 5.18. The van der Waals surface area contributed by atoms with Crippen molar-refractivity contribution in [3.05, 3.63) is 140 Å². The average molecular weight is 462 g/mol. The van der Waals surface area contributed by atoms with Gasteiger partial charge in [-0.15, -0.1) is 0 Å². The van der Waals surface area contributed by atoms with E-state index in [-0.39, 0.29) is 0 Å². The first-order valence-electron chi connectivity index (χ1n) is 11.9. The highest BCUT2D eigenvalue weighted by Gasteiger charge is 2.21. The van der Waals surface area contributed by atoms with Crippen LogP contribution in [0.5, 0.6) is 0 Å². The quantitative estimate of drug-likeness (QED) is 0.235. The number of benzene rings is 4. The molecule has 0 aliphatic rings. The molecule has 1 heteroatoms. The minimum absolute atomic E-state index is 1.03. The summed E-state index contributed by atoms with van der Waals surface area (Å²) in [6, 6.07) is 27.4. The molecule has 0 unspecified atom stereocenters. The molecule has 5 aromatic rings. The van der Waals surface area contributed by atoms with Crippen molar-refractivity contribution in [3.8, 4) is 33.4 Å². The minimum atomic E-state index is 1.03. The fourth-order valence-electron chi connectivity index (χ4n) is 5.18. The molecule has 0 amide bonds. The van der Waals surface area contributed by atoms with Crippen molar-refractivity contribution < 1.29 is 0 Å². The van der Waals surface area contributed by atoms with Crippen LogP contribution in [-0.4, -0.2) is 4.98 Å². The normalized spacial score (nSPS) is 10.7. The van der Waals surface area contributed by atoms with Crippen LogP contribution in [0, 0.1) is 0 Å². The molecule has 0 spiro atoms. The minimum Gasteiger partial charge on any atom is -0.264 e. The summed E-state index contributed by atoms with van der Waals surface area (Å²) in [5.74, 6) is 0. The molecule has 4 aromatic carbocycles. The highest BCUT2D eigenvalue weighted by molar-refractivity contribution is 6.12. The Labute approximate surface area is 213 Å². The molecule has 36 heavy (non-hydrogen) atoms. The predicted molar refractivity (Wildman–Crippen MR) is 158 cm³/mol. The zero-order valence-corrected chi connectivity index (χ0v) is 20.2. The van der Waals surface area contributed by atoms with Gasteiger partial charge in [-0.2, -0.15) is 0 Å². The lowest BCUT2D eigenvalue weighted by Crippen LogP contribution is -1.99. The molecule has 1 heterocycles. The Morgan fingerprint density at radius 3 is 1.61 bits per heavy atom. The van der Waals surface area contributed by atoms with E-state index in [0.717, 1.165) is 61.0 Å². The second-order valence-electron chi connectivity index (χ2n) is 8.54. The lowest BCUT2D eigenvalue weighted by atomic mass is 9.81. The second-order valence-corrected chi connectivity index (χ2v) is 8.54. The molecule has 1 nitrogen and oxygen atoms in total. The van der Waals surface area contributed by atoms with E-state index >= 15 is 0 Å². The first kappa shape index (κ1) is 23.0. The van der Waals surface area contributed by atoms with Gasteiger partial charge in [-0.25, -0.2) is 0 Å². The molecule has 5 rings (SSSR count). The molecule has 0 aliphatic carbocycles. The first-order chi connectivity index (χ1) is 17.7. The lowest BCUT2D eigenvalue weighted by molar-refractivity contribution is 1.33. The number of hydrogen-bond acceptors (Lipinski definition) is 1. The van der Waals surface area contributed by atoms with E-state index in [0.29, 0.717) is 0 Å². The molecule has 0 bridgehead atoms. The van der Waals surface area contributed by atoms with Crippen molar-refractivity contribution >= 4 is 35.1 Å². The van der Waals surface area contributed by atoms with E-state index < -0.39 is 0 Å². The third kappa shape index (κ3) is 3.72.